The largest absolute Gasteiger partial charge is 0.261 e. The molecule has 0 spiro atoms. The number of benzene rings is 3. The summed E-state index contributed by atoms with van der Waals surface area (Å²) in [6.45, 7) is 23.5. The molecule has 3 nitrogen and oxygen atoms in total. The van der Waals surface area contributed by atoms with E-state index in [0.29, 0.717) is 16.7 Å². The van der Waals surface area contributed by atoms with Crippen LogP contribution in [0.2, 0.25) is 0 Å². The molecular formula is C45H60F3N3. The van der Waals surface area contributed by atoms with Gasteiger partial charge in [0, 0.05) is 24.3 Å². The Bertz CT molecular complexity index is 1470. The van der Waals surface area contributed by atoms with Crippen LogP contribution in [0.15, 0.2) is 85.3 Å². The second-order valence-electron chi connectivity index (χ2n) is 13.9. The first-order chi connectivity index (χ1) is 24.0. The quantitative estimate of drug-likeness (QED) is 0.161. The van der Waals surface area contributed by atoms with Gasteiger partial charge >= 0.3 is 0 Å². The molecule has 51 heavy (non-hydrogen) atoms. The molecule has 6 heteroatoms. The van der Waals surface area contributed by atoms with E-state index in [1.54, 1.807) is 25.1 Å². The Morgan fingerprint density at radius 1 is 0.431 bits per heavy atom. The maximum Gasteiger partial charge on any atom is 0.161 e. The highest BCUT2D eigenvalue weighted by molar-refractivity contribution is 5.24. The number of aryl methyl sites for hydroxylation is 10. The van der Waals surface area contributed by atoms with Crippen LogP contribution in [-0.4, -0.2) is 15.0 Å². The lowest BCUT2D eigenvalue weighted by atomic mass is 9.84. The van der Waals surface area contributed by atoms with Gasteiger partial charge in [-0.3, -0.25) is 4.98 Å². The van der Waals surface area contributed by atoms with Crippen molar-refractivity contribution in [2.75, 3.05) is 0 Å². The topological polar surface area (TPSA) is 38.7 Å². The molecule has 0 atom stereocenters. The van der Waals surface area contributed by atoms with Crippen molar-refractivity contribution in [1.29, 1.82) is 0 Å². The molecule has 0 amide bonds. The highest BCUT2D eigenvalue weighted by atomic mass is 19.2. The summed E-state index contributed by atoms with van der Waals surface area (Å²) < 4.78 is 37.8. The number of halogens is 3. The van der Waals surface area contributed by atoms with Gasteiger partial charge in [-0.2, -0.15) is 0 Å². The van der Waals surface area contributed by atoms with Crippen molar-refractivity contribution in [2.45, 2.75) is 109 Å². The van der Waals surface area contributed by atoms with Gasteiger partial charge in [0.15, 0.2) is 11.6 Å². The van der Waals surface area contributed by atoms with Crippen molar-refractivity contribution in [2.24, 2.45) is 11.8 Å². The molecule has 1 saturated carbocycles. The predicted molar refractivity (Wildman–Crippen MR) is 210 cm³/mol. The van der Waals surface area contributed by atoms with E-state index in [2.05, 4.69) is 73.0 Å². The monoisotopic (exact) mass is 699 g/mol. The molecule has 0 bridgehead atoms. The summed E-state index contributed by atoms with van der Waals surface area (Å²) in [7, 11) is 0. The van der Waals surface area contributed by atoms with E-state index >= 15 is 0 Å². The number of hydrogen-bond acceptors (Lipinski definition) is 3. The van der Waals surface area contributed by atoms with Crippen molar-refractivity contribution in [3.8, 4) is 0 Å². The molecule has 0 unspecified atom stereocenters. The maximum absolute atomic E-state index is 12.6. The zero-order valence-electron chi connectivity index (χ0n) is 33.0. The van der Waals surface area contributed by atoms with E-state index in [1.807, 2.05) is 65.3 Å². The van der Waals surface area contributed by atoms with Crippen LogP contribution in [0.1, 0.15) is 95.6 Å². The average Bonchev–Trinajstić information content (AvgIpc) is 3.10. The lowest BCUT2D eigenvalue weighted by Crippen LogP contribution is -2.08. The first-order valence-electron chi connectivity index (χ1n) is 17.8. The van der Waals surface area contributed by atoms with Crippen molar-refractivity contribution in [3.63, 3.8) is 0 Å². The fourth-order valence-electron chi connectivity index (χ4n) is 4.50. The summed E-state index contributed by atoms with van der Waals surface area (Å²) >= 11 is 0. The Balaban J connectivity index is 0.000000307. The van der Waals surface area contributed by atoms with E-state index in [-0.39, 0.29) is 5.82 Å². The molecule has 2 aromatic heterocycles. The summed E-state index contributed by atoms with van der Waals surface area (Å²) in [6.07, 6.45) is 11.4. The van der Waals surface area contributed by atoms with Crippen LogP contribution in [0.5, 0.6) is 0 Å². The second-order valence-corrected chi connectivity index (χ2v) is 13.9. The van der Waals surface area contributed by atoms with Crippen molar-refractivity contribution >= 4 is 0 Å². The van der Waals surface area contributed by atoms with Gasteiger partial charge in [-0.15, -0.1) is 0 Å². The lowest BCUT2D eigenvalue weighted by Gasteiger charge is -2.22. The van der Waals surface area contributed by atoms with Crippen molar-refractivity contribution in [3.05, 3.63) is 159 Å². The number of nitrogens with zero attached hydrogens (tertiary/aromatic N) is 3. The molecule has 1 fully saturated rings. The minimum absolute atomic E-state index is 0.116. The molecule has 3 aromatic carbocycles. The molecule has 2 heterocycles. The van der Waals surface area contributed by atoms with Gasteiger partial charge in [0.05, 0.1) is 0 Å². The molecular weight excluding hydrogens is 640 g/mol. The van der Waals surface area contributed by atoms with Gasteiger partial charge in [0.2, 0.25) is 0 Å². The zero-order chi connectivity index (χ0) is 38.5. The summed E-state index contributed by atoms with van der Waals surface area (Å²) in [5, 5.41) is 0. The van der Waals surface area contributed by atoms with Crippen LogP contribution in [0.4, 0.5) is 13.2 Å². The van der Waals surface area contributed by atoms with Crippen molar-refractivity contribution < 1.29 is 13.2 Å². The van der Waals surface area contributed by atoms with E-state index in [0.717, 1.165) is 34.5 Å². The van der Waals surface area contributed by atoms with Gasteiger partial charge in [-0.1, -0.05) is 105 Å². The average molecular weight is 700 g/mol. The van der Waals surface area contributed by atoms with Crippen LogP contribution < -0.4 is 0 Å². The number of aromatic nitrogens is 3. The number of pyridine rings is 1. The van der Waals surface area contributed by atoms with E-state index in [4.69, 9.17) is 0 Å². The van der Waals surface area contributed by atoms with Gasteiger partial charge in [0.1, 0.15) is 11.6 Å². The predicted octanol–water partition coefficient (Wildman–Crippen LogP) is 13.0. The smallest absolute Gasteiger partial charge is 0.161 e. The Labute approximate surface area is 306 Å². The first kappa shape index (κ1) is 44.7. The second kappa shape index (κ2) is 24.0. The summed E-state index contributed by atoms with van der Waals surface area (Å²) in [5.41, 5.74) is 8.44. The SMILES string of the molecule is CC1CCC(C)CC1.Cc1ccc(C)c(F)c1.Cc1ccc(C)c(F)c1F.Cc1ccc(C)cc1.Cc1ccc(C)nc1.Cc1cnc(C)nc1. The minimum Gasteiger partial charge on any atom is -0.261 e. The van der Waals surface area contributed by atoms with Crippen LogP contribution in [0.3, 0.4) is 0 Å². The zero-order valence-corrected chi connectivity index (χ0v) is 33.0. The molecule has 0 aliphatic heterocycles. The van der Waals surface area contributed by atoms with Gasteiger partial charge < -0.3 is 0 Å². The fourth-order valence-corrected chi connectivity index (χ4v) is 4.50. The molecule has 0 radical (unpaired) electrons. The fraction of sp³-hybridized carbons (Fsp3) is 0.400. The Morgan fingerprint density at radius 2 is 0.804 bits per heavy atom. The third kappa shape index (κ3) is 20.2. The standard InChI is InChI=1S/C8H8F2.C8H9F.C8H16.C8H10.C7H9N.C6H8N2/c1-5-3-4-6(2)8(10)7(5)9;1-6-3-4-7(2)8(9)5-6;2*1-7-3-5-8(2)6-4-7;1-6-3-4-7(2)8-5-6;1-5-3-7-6(2)8-4-5/h3-4H,1-2H3;3-5H,1-2H3;7-8H,3-6H2,1-2H3;3-6H,1-2H3;3-5H,1-2H3;3-4H,1-2H3. The minimum atomic E-state index is -0.736. The van der Waals surface area contributed by atoms with Crippen molar-refractivity contribution in [1.82, 2.24) is 15.0 Å². The molecule has 6 rings (SSSR count). The number of rotatable bonds is 0. The Hall–Kier alpha value is -4.32. The highest BCUT2D eigenvalue weighted by Crippen LogP contribution is 2.27. The number of hydrogen-bond donors (Lipinski definition) is 0. The Kier molecular flexibility index (Phi) is 21.0. The van der Waals surface area contributed by atoms with Crippen LogP contribution in [0, 0.1) is 98.5 Å². The molecule has 1 aliphatic carbocycles. The maximum atomic E-state index is 12.6. The molecule has 1 aliphatic rings. The molecule has 276 valence electrons. The third-order valence-corrected chi connectivity index (χ3v) is 8.29. The molecule has 0 saturated heterocycles. The van der Waals surface area contributed by atoms with Crippen LogP contribution in [0.25, 0.3) is 0 Å². The molecule has 0 N–H and O–H groups in total. The van der Waals surface area contributed by atoms with Gasteiger partial charge in [-0.25, -0.2) is 23.1 Å². The van der Waals surface area contributed by atoms with Gasteiger partial charge in [-0.05, 0) is 127 Å². The molecule has 5 aromatic rings. The van der Waals surface area contributed by atoms with Gasteiger partial charge in [0.25, 0.3) is 0 Å². The highest BCUT2D eigenvalue weighted by Gasteiger charge is 2.13. The van der Waals surface area contributed by atoms with Crippen LogP contribution >= 0.6 is 0 Å². The third-order valence-electron chi connectivity index (χ3n) is 8.29. The Morgan fingerprint density at radius 3 is 1.14 bits per heavy atom. The first-order valence-corrected chi connectivity index (χ1v) is 17.8. The normalized spacial score (nSPS) is 14.3. The van der Waals surface area contributed by atoms with E-state index in [9.17, 15) is 13.2 Å². The summed E-state index contributed by atoms with van der Waals surface area (Å²) in [5.74, 6) is 1.28. The summed E-state index contributed by atoms with van der Waals surface area (Å²) in [6, 6.07) is 20.9. The summed E-state index contributed by atoms with van der Waals surface area (Å²) in [4.78, 5) is 12.0. The van der Waals surface area contributed by atoms with Crippen LogP contribution in [-0.2, 0) is 0 Å². The van der Waals surface area contributed by atoms with E-state index < -0.39 is 11.6 Å². The lowest BCUT2D eigenvalue weighted by molar-refractivity contribution is 0.308. The van der Waals surface area contributed by atoms with E-state index in [1.165, 1.54) is 62.3 Å².